The van der Waals surface area contributed by atoms with Crippen LogP contribution in [0.3, 0.4) is 0 Å². The molecule has 1 aliphatic carbocycles. The second kappa shape index (κ2) is 4.81. The number of hydrogen-bond donors (Lipinski definition) is 2. The lowest BCUT2D eigenvalue weighted by Gasteiger charge is -2.04. The molecule has 1 aromatic heterocycles. The molecule has 2 N–H and O–H groups in total. The van der Waals surface area contributed by atoms with Crippen molar-refractivity contribution in [3.63, 3.8) is 0 Å². The Morgan fingerprint density at radius 2 is 2.47 bits per heavy atom. The summed E-state index contributed by atoms with van der Waals surface area (Å²) in [4.78, 5) is 18.4. The highest BCUT2D eigenvalue weighted by Crippen LogP contribution is 2.18. The summed E-state index contributed by atoms with van der Waals surface area (Å²) in [6, 6.07) is 2.22. The molecule has 4 nitrogen and oxygen atoms in total. The Morgan fingerprint density at radius 3 is 3.13 bits per heavy atom. The van der Waals surface area contributed by atoms with E-state index in [1.165, 1.54) is 12.8 Å². The minimum absolute atomic E-state index is 0.0540. The first-order valence-electron chi connectivity index (χ1n) is 5.09. The Kier molecular flexibility index (Phi) is 3.43. The molecule has 2 rings (SSSR count). The first-order valence-corrected chi connectivity index (χ1v) is 6.49. The highest BCUT2D eigenvalue weighted by Gasteiger charge is 2.20. The molecule has 1 fully saturated rings. The number of aromatic amines is 1. The Bertz CT molecular complexity index is 386. The maximum Gasteiger partial charge on any atom is 0.251 e. The zero-order chi connectivity index (χ0) is 10.7. The van der Waals surface area contributed by atoms with E-state index in [9.17, 15) is 4.79 Å². The molecular formula is C10H15N3OS. The van der Waals surface area contributed by atoms with Crippen LogP contribution in [0.15, 0.2) is 10.9 Å². The summed E-state index contributed by atoms with van der Waals surface area (Å²) in [6.45, 7) is 0.704. The topological polar surface area (TPSA) is 57.8 Å². The van der Waals surface area contributed by atoms with E-state index in [1.54, 1.807) is 17.8 Å². The normalized spacial score (nSPS) is 15.5. The van der Waals surface area contributed by atoms with Crippen molar-refractivity contribution in [3.8, 4) is 0 Å². The number of thioether (sulfide) groups is 1. The molecule has 1 saturated carbocycles. The van der Waals surface area contributed by atoms with Crippen LogP contribution in [-0.4, -0.2) is 22.3 Å². The van der Waals surface area contributed by atoms with Gasteiger partial charge in [-0.25, -0.2) is 4.98 Å². The van der Waals surface area contributed by atoms with Gasteiger partial charge in [0.05, 0.1) is 11.4 Å². The average Bonchev–Trinajstić information content (AvgIpc) is 2.98. The molecule has 1 aliphatic rings. The number of H-pyrrole nitrogens is 1. The van der Waals surface area contributed by atoms with Crippen LogP contribution in [0.25, 0.3) is 0 Å². The third-order valence-corrected chi connectivity index (χ3v) is 2.84. The second-order valence-electron chi connectivity index (χ2n) is 3.77. The molecule has 5 heteroatoms. The first-order chi connectivity index (χ1) is 7.28. The van der Waals surface area contributed by atoms with E-state index in [4.69, 9.17) is 0 Å². The molecule has 0 unspecified atom stereocenters. The highest BCUT2D eigenvalue weighted by atomic mass is 32.2. The van der Waals surface area contributed by atoms with Crippen LogP contribution < -0.4 is 10.9 Å². The summed E-state index contributed by atoms with van der Waals surface area (Å²) in [5, 5.41) is 3.35. The van der Waals surface area contributed by atoms with Crippen molar-refractivity contribution in [1.29, 1.82) is 0 Å². The summed E-state index contributed by atoms with van der Waals surface area (Å²) in [6.07, 6.45) is 4.50. The van der Waals surface area contributed by atoms with Gasteiger partial charge in [0.15, 0.2) is 0 Å². The van der Waals surface area contributed by atoms with Crippen molar-refractivity contribution in [2.24, 2.45) is 0 Å². The van der Waals surface area contributed by atoms with Gasteiger partial charge in [-0.2, -0.15) is 11.8 Å². The summed E-state index contributed by atoms with van der Waals surface area (Å²) in [5.41, 5.74) is 0.788. The van der Waals surface area contributed by atoms with Crippen LogP contribution in [0.4, 0.5) is 0 Å². The summed E-state index contributed by atoms with van der Waals surface area (Å²) < 4.78 is 0. The van der Waals surface area contributed by atoms with Gasteiger partial charge in [-0.1, -0.05) is 0 Å². The van der Waals surface area contributed by atoms with E-state index in [0.29, 0.717) is 12.6 Å². The first kappa shape index (κ1) is 10.7. The Morgan fingerprint density at radius 1 is 1.67 bits per heavy atom. The number of hydrogen-bond acceptors (Lipinski definition) is 4. The molecule has 1 aromatic rings. The highest BCUT2D eigenvalue weighted by molar-refractivity contribution is 7.97. The molecule has 82 valence electrons. The quantitative estimate of drug-likeness (QED) is 0.781. The van der Waals surface area contributed by atoms with Gasteiger partial charge >= 0.3 is 0 Å². The molecule has 15 heavy (non-hydrogen) atoms. The van der Waals surface area contributed by atoms with Crippen molar-refractivity contribution in [2.45, 2.75) is 31.2 Å². The minimum Gasteiger partial charge on any atom is -0.310 e. The van der Waals surface area contributed by atoms with Crippen molar-refractivity contribution in [1.82, 2.24) is 15.3 Å². The van der Waals surface area contributed by atoms with Gasteiger partial charge in [-0.05, 0) is 19.1 Å². The van der Waals surface area contributed by atoms with Gasteiger partial charge in [0.1, 0.15) is 5.82 Å². The third-order valence-electron chi connectivity index (χ3n) is 2.27. The van der Waals surface area contributed by atoms with E-state index < -0.39 is 0 Å². The monoisotopic (exact) mass is 225 g/mol. The Balaban J connectivity index is 2.04. The second-order valence-corrected chi connectivity index (χ2v) is 4.64. The maximum absolute atomic E-state index is 11.3. The van der Waals surface area contributed by atoms with Crippen LogP contribution in [0, 0.1) is 0 Å². The standard InChI is InChI=1S/C10H15N3OS/c1-15-6-9-12-8(4-10(14)13-9)5-11-7-2-3-7/h4,7,11H,2-3,5-6H2,1H3,(H,12,13,14). The minimum atomic E-state index is -0.0540. The fourth-order valence-corrected chi connectivity index (χ4v) is 1.81. The van der Waals surface area contributed by atoms with Gasteiger partial charge in [-0.15, -0.1) is 0 Å². The van der Waals surface area contributed by atoms with Crippen LogP contribution in [-0.2, 0) is 12.3 Å². The molecule has 0 spiro atoms. The molecule has 0 amide bonds. The van der Waals surface area contributed by atoms with E-state index in [0.717, 1.165) is 17.3 Å². The van der Waals surface area contributed by atoms with Crippen LogP contribution in [0.2, 0.25) is 0 Å². The van der Waals surface area contributed by atoms with Crippen LogP contribution >= 0.6 is 11.8 Å². The van der Waals surface area contributed by atoms with E-state index in [1.807, 2.05) is 6.26 Å². The number of nitrogens with zero attached hydrogens (tertiary/aromatic N) is 1. The number of rotatable bonds is 5. The van der Waals surface area contributed by atoms with Gasteiger partial charge in [0.25, 0.3) is 5.56 Å². The molecule has 0 aliphatic heterocycles. The number of aromatic nitrogens is 2. The smallest absolute Gasteiger partial charge is 0.251 e. The average molecular weight is 225 g/mol. The fraction of sp³-hybridized carbons (Fsp3) is 0.600. The van der Waals surface area contributed by atoms with Crippen molar-refractivity contribution >= 4 is 11.8 Å². The lowest BCUT2D eigenvalue weighted by Crippen LogP contribution is -2.20. The van der Waals surface area contributed by atoms with E-state index >= 15 is 0 Å². The van der Waals surface area contributed by atoms with Crippen LogP contribution in [0.1, 0.15) is 24.4 Å². The molecule has 0 radical (unpaired) electrons. The molecule has 0 atom stereocenters. The summed E-state index contributed by atoms with van der Waals surface area (Å²) in [5.74, 6) is 1.52. The van der Waals surface area contributed by atoms with E-state index in [-0.39, 0.29) is 5.56 Å². The fourth-order valence-electron chi connectivity index (χ4n) is 1.40. The maximum atomic E-state index is 11.3. The van der Waals surface area contributed by atoms with Crippen molar-refractivity contribution < 1.29 is 0 Å². The third kappa shape index (κ3) is 3.35. The lowest BCUT2D eigenvalue weighted by molar-refractivity contribution is 0.668. The van der Waals surface area contributed by atoms with Crippen LogP contribution in [0.5, 0.6) is 0 Å². The van der Waals surface area contributed by atoms with E-state index in [2.05, 4.69) is 15.3 Å². The van der Waals surface area contributed by atoms with Crippen molar-refractivity contribution in [3.05, 3.63) is 27.9 Å². The molecule has 0 aromatic carbocycles. The lowest BCUT2D eigenvalue weighted by atomic mass is 10.4. The predicted octanol–water partition coefficient (Wildman–Crippen LogP) is 0.885. The van der Waals surface area contributed by atoms with Gasteiger partial charge in [0.2, 0.25) is 0 Å². The van der Waals surface area contributed by atoms with Crippen molar-refractivity contribution in [2.75, 3.05) is 6.26 Å². The zero-order valence-corrected chi connectivity index (χ0v) is 9.56. The van der Waals surface area contributed by atoms with Gasteiger partial charge < -0.3 is 10.3 Å². The Hall–Kier alpha value is -0.810. The van der Waals surface area contributed by atoms with Gasteiger partial charge in [-0.3, -0.25) is 4.79 Å². The molecular weight excluding hydrogens is 210 g/mol. The predicted molar refractivity (Wildman–Crippen MR) is 61.9 cm³/mol. The number of nitrogens with one attached hydrogen (secondary N) is 2. The molecule has 0 bridgehead atoms. The Labute approximate surface area is 92.9 Å². The SMILES string of the molecule is CSCc1nc(CNC2CC2)cc(=O)[nH]1. The largest absolute Gasteiger partial charge is 0.310 e. The zero-order valence-electron chi connectivity index (χ0n) is 8.75. The molecule has 0 saturated heterocycles. The van der Waals surface area contributed by atoms with Gasteiger partial charge in [0, 0.05) is 18.7 Å². The summed E-state index contributed by atoms with van der Waals surface area (Å²) in [7, 11) is 0. The molecule has 1 heterocycles. The summed E-state index contributed by atoms with van der Waals surface area (Å²) >= 11 is 1.66.